The number of nitrogens with two attached hydrogens (primary N) is 1. The topological polar surface area (TPSA) is 109 Å². The molecule has 0 aliphatic heterocycles. The van der Waals surface area contributed by atoms with Crippen LogP contribution in [0.1, 0.15) is 11.3 Å². The Morgan fingerprint density at radius 3 is 2.62 bits per heavy atom. The number of carbonyl (C=O) groups excluding carboxylic acids is 1. The SMILES string of the molecule is C=C(Nc1ccccc1N)c1ccc(Nc2ncc(-c3cnc4cccc(CNCC(=O)F)n34)s2)cc1. The van der Waals surface area contributed by atoms with E-state index in [0.29, 0.717) is 12.2 Å². The van der Waals surface area contributed by atoms with Crippen molar-refractivity contribution >= 4 is 50.9 Å². The molecule has 0 radical (unpaired) electrons. The van der Waals surface area contributed by atoms with Crippen LogP contribution in [0.4, 0.5) is 26.6 Å². The third-order valence-electron chi connectivity index (χ3n) is 5.67. The van der Waals surface area contributed by atoms with Crippen LogP contribution in [0.25, 0.3) is 21.9 Å². The van der Waals surface area contributed by atoms with Crippen molar-refractivity contribution in [3.8, 4) is 10.6 Å². The van der Waals surface area contributed by atoms with Gasteiger partial charge in [0.1, 0.15) is 5.65 Å². The van der Waals surface area contributed by atoms with E-state index in [1.165, 1.54) is 11.3 Å². The molecule has 0 aliphatic carbocycles. The van der Waals surface area contributed by atoms with Gasteiger partial charge in [-0.15, -0.1) is 0 Å². The molecule has 2 aromatic carbocycles. The maximum atomic E-state index is 12.6. The van der Waals surface area contributed by atoms with Crippen LogP contribution < -0.4 is 21.7 Å². The molecule has 3 heterocycles. The van der Waals surface area contributed by atoms with E-state index in [4.69, 9.17) is 5.73 Å². The highest BCUT2D eigenvalue weighted by molar-refractivity contribution is 7.18. The molecule has 0 saturated carbocycles. The zero-order valence-corrected chi connectivity index (χ0v) is 20.6. The van der Waals surface area contributed by atoms with Crippen molar-refractivity contribution in [3.05, 3.63) is 97.0 Å². The molecular formula is C27H24FN7OS. The average Bonchev–Trinajstić information content (AvgIpc) is 3.53. The maximum Gasteiger partial charge on any atom is 0.315 e. The molecule has 0 atom stereocenters. The monoisotopic (exact) mass is 513 g/mol. The van der Waals surface area contributed by atoms with E-state index in [2.05, 4.69) is 32.5 Å². The van der Waals surface area contributed by atoms with E-state index in [1.54, 1.807) is 12.4 Å². The second-order valence-corrected chi connectivity index (χ2v) is 9.27. The van der Waals surface area contributed by atoms with Crippen molar-refractivity contribution in [2.45, 2.75) is 6.54 Å². The molecule has 10 heteroatoms. The van der Waals surface area contributed by atoms with Crippen LogP contribution in [0.2, 0.25) is 0 Å². The van der Waals surface area contributed by atoms with Gasteiger partial charge in [-0.3, -0.25) is 9.20 Å². The zero-order valence-electron chi connectivity index (χ0n) is 19.7. The number of fused-ring (bicyclic) bond motifs is 1. The van der Waals surface area contributed by atoms with E-state index in [0.717, 1.165) is 49.7 Å². The number of aromatic nitrogens is 3. The molecule has 186 valence electrons. The highest BCUT2D eigenvalue weighted by Gasteiger charge is 2.13. The quantitative estimate of drug-likeness (QED) is 0.145. The molecule has 37 heavy (non-hydrogen) atoms. The molecule has 0 aliphatic rings. The van der Waals surface area contributed by atoms with Gasteiger partial charge in [0.15, 0.2) is 5.13 Å². The standard InChI is InChI=1S/C27H24FN7OS/c1-17(33-22-7-3-2-6-21(22)29)18-9-11-19(12-10-18)34-27-32-15-24(37-27)23-14-31-26-8-4-5-20(35(23)26)13-30-16-25(28)36/h2-12,14-15,30,33H,1,13,16,29H2,(H,32,34). The van der Waals surface area contributed by atoms with E-state index in [9.17, 15) is 9.18 Å². The fourth-order valence-corrected chi connectivity index (χ4v) is 4.72. The van der Waals surface area contributed by atoms with Crippen molar-refractivity contribution in [1.29, 1.82) is 0 Å². The van der Waals surface area contributed by atoms with Gasteiger partial charge in [0.05, 0.1) is 34.7 Å². The number of pyridine rings is 1. The first-order chi connectivity index (χ1) is 18.0. The number of nitrogen functional groups attached to an aromatic ring is 1. The lowest BCUT2D eigenvalue weighted by Crippen LogP contribution is -2.21. The molecule has 3 aromatic heterocycles. The third kappa shape index (κ3) is 5.50. The molecule has 5 aromatic rings. The van der Waals surface area contributed by atoms with Gasteiger partial charge >= 0.3 is 6.04 Å². The first-order valence-electron chi connectivity index (χ1n) is 11.5. The Hall–Kier alpha value is -4.54. The molecule has 0 bridgehead atoms. The lowest BCUT2D eigenvalue weighted by atomic mass is 10.1. The van der Waals surface area contributed by atoms with E-state index < -0.39 is 6.04 Å². The van der Waals surface area contributed by atoms with Gasteiger partial charge in [0.2, 0.25) is 0 Å². The van der Waals surface area contributed by atoms with Gasteiger partial charge in [-0.1, -0.05) is 48.2 Å². The molecule has 0 spiro atoms. The fraction of sp³-hybridized carbons (Fsp3) is 0.0741. The first kappa shape index (κ1) is 24.2. The Bertz CT molecular complexity index is 1580. The normalized spacial score (nSPS) is 10.9. The van der Waals surface area contributed by atoms with Crippen molar-refractivity contribution in [1.82, 2.24) is 19.7 Å². The minimum absolute atomic E-state index is 0.323. The summed E-state index contributed by atoms with van der Waals surface area (Å²) in [7, 11) is 0. The Labute approximate surface area is 216 Å². The van der Waals surface area contributed by atoms with Crippen LogP contribution in [-0.4, -0.2) is 27.0 Å². The number of hydrogen-bond donors (Lipinski definition) is 4. The summed E-state index contributed by atoms with van der Waals surface area (Å²) in [6, 6.07) is 19.7. The summed E-state index contributed by atoms with van der Waals surface area (Å²) in [6.45, 7) is 4.11. The zero-order chi connectivity index (χ0) is 25.8. The van der Waals surface area contributed by atoms with E-state index in [1.807, 2.05) is 71.1 Å². The molecule has 0 amide bonds. The van der Waals surface area contributed by atoms with Crippen molar-refractivity contribution < 1.29 is 9.18 Å². The minimum atomic E-state index is -1.40. The van der Waals surface area contributed by atoms with Gasteiger partial charge in [0.25, 0.3) is 0 Å². The van der Waals surface area contributed by atoms with E-state index >= 15 is 0 Å². The van der Waals surface area contributed by atoms with Gasteiger partial charge in [-0.25, -0.2) is 9.97 Å². The highest BCUT2D eigenvalue weighted by Crippen LogP contribution is 2.32. The number of nitrogens with zero attached hydrogens (tertiary/aromatic N) is 3. The van der Waals surface area contributed by atoms with Crippen molar-refractivity contribution in [2.75, 3.05) is 22.9 Å². The summed E-state index contributed by atoms with van der Waals surface area (Å²) in [4.78, 5) is 20.6. The number of hydrogen-bond acceptors (Lipinski definition) is 8. The van der Waals surface area contributed by atoms with Crippen LogP contribution >= 0.6 is 11.3 Å². The van der Waals surface area contributed by atoms with Crippen LogP contribution in [0.5, 0.6) is 0 Å². The Kier molecular flexibility index (Phi) is 6.93. The number of para-hydroxylation sites is 2. The molecule has 5 rings (SSSR count). The summed E-state index contributed by atoms with van der Waals surface area (Å²) in [5.41, 5.74) is 12.5. The van der Waals surface area contributed by atoms with Crippen molar-refractivity contribution in [3.63, 3.8) is 0 Å². The molecule has 0 saturated heterocycles. The van der Waals surface area contributed by atoms with Crippen LogP contribution in [0, 0.1) is 0 Å². The fourth-order valence-electron chi connectivity index (χ4n) is 3.88. The van der Waals surface area contributed by atoms with Crippen molar-refractivity contribution in [2.24, 2.45) is 0 Å². The van der Waals surface area contributed by atoms with Crippen LogP contribution in [0.3, 0.4) is 0 Å². The second kappa shape index (κ2) is 10.6. The van der Waals surface area contributed by atoms with Gasteiger partial charge in [0, 0.05) is 29.8 Å². The molecule has 0 unspecified atom stereocenters. The highest BCUT2D eigenvalue weighted by atomic mass is 32.1. The van der Waals surface area contributed by atoms with Gasteiger partial charge in [-0.2, -0.15) is 4.39 Å². The number of imidazole rings is 1. The number of rotatable bonds is 10. The average molecular weight is 514 g/mol. The number of nitrogens with one attached hydrogen (secondary N) is 3. The number of benzene rings is 2. The van der Waals surface area contributed by atoms with E-state index in [-0.39, 0.29) is 6.54 Å². The lowest BCUT2D eigenvalue weighted by molar-refractivity contribution is -0.128. The van der Waals surface area contributed by atoms with Crippen LogP contribution in [0.15, 0.2) is 85.7 Å². The third-order valence-corrected chi connectivity index (χ3v) is 6.60. The predicted molar refractivity (Wildman–Crippen MR) is 147 cm³/mol. The Morgan fingerprint density at radius 2 is 1.84 bits per heavy atom. The Balaban J connectivity index is 1.29. The number of halogens is 1. The number of anilines is 4. The predicted octanol–water partition coefficient (Wildman–Crippen LogP) is 5.45. The summed E-state index contributed by atoms with van der Waals surface area (Å²) in [5, 5.41) is 10.1. The summed E-state index contributed by atoms with van der Waals surface area (Å²) < 4.78 is 14.6. The maximum absolute atomic E-state index is 12.6. The largest absolute Gasteiger partial charge is 0.397 e. The number of carbonyl (C=O) groups is 1. The first-order valence-corrected chi connectivity index (χ1v) is 12.3. The Morgan fingerprint density at radius 1 is 1.03 bits per heavy atom. The second-order valence-electron chi connectivity index (χ2n) is 8.24. The molecular weight excluding hydrogens is 489 g/mol. The molecule has 0 fully saturated rings. The molecule has 5 N–H and O–H groups in total. The van der Waals surface area contributed by atoms with Gasteiger partial charge < -0.3 is 21.7 Å². The van der Waals surface area contributed by atoms with Gasteiger partial charge in [-0.05, 0) is 42.0 Å². The number of thiazole rings is 1. The lowest BCUT2D eigenvalue weighted by Gasteiger charge is -2.12. The summed E-state index contributed by atoms with van der Waals surface area (Å²) in [6.07, 6.45) is 3.57. The minimum Gasteiger partial charge on any atom is -0.397 e. The summed E-state index contributed by atoms with van der Waals surface area (Å²) in [5.74, 6) is 0. The summed E-state index contributed by atoms with van der Waals surface area (Å²) >= 11 is 1.49. The molecule has 8 nitrogen and oxygen atoms in total. The van der Waals surface area contributed by atoms with Crippen LogP contribution in [-0.2, 0) is 11.3 Å². The smallest absolute Gasteiger partial charge is 0.315 e.